The SMILES string of the molecule is CCc1cc2c(s1)Nc1ccc(F)cc1NC2=NCCN1CCOCC1.O=C(O)/C=C/C(=O)O. The van der Waals surface area contributed by atoms with Gasteiger partial charge in [-0.1, -0.05) is 6.92 Å². The number of fused-ring (bicyclic) bond motifs is 2. The average molecular weight is 491 g/mol. The number of carboxylic acid groups (broad SMARTS) is 2. The van der Waals surface area contributed by atoms with E-state index in [2.05, 4.69) is 28.5 Å². The number of aliphatic carboxylic acids is 2. The first kappa shape index (κ1) is 25.3. The molecule has 2 aliphatic rings. The summed E-state index contributed by atoms with van der Waals surface area (Å²) in [6.45, 7) is 7.24. The lowest BCUT2D eigenvalue weighted by atomic mass is 10.2. The first-order chi connectivity index (χ1) is 16.4. The van der Waals surface area contributed by atoms with Gasteiger partial charge < -0.3 is 25.6 Å². The first-order valence-corrected chi connectivity index (χ1v) is 11.6. The monoisotopic (exact) mass is 490 g/mol. The molecule has 0 amide bonds. The number of aryl methyl sites for hydroxylation is 1. The summed E-state index contributed by atoms with van der Waals surface area (Å²) in [6.07, 6.45) is 2.10. The summed E-state index contributed by atoms with van der Waals surface area (Å²) in [6, 6.07) is 6.93. The molecule has 11 heteroatoms. The van der Waals surface area contributed by atoms with E-state index in [4.69, 9.17) is 19.9 Å². The molecule has 2 aliphatic heterocycles. The molecule has 4 N–H and O–H groups in total. The Hall–Kier alpha value is -3.28. The smallest absolute Gasteiger partial charge is 0.328 e. The van der Waals surface area contributed by atoms with Crippen molar-refractivity contribution in [2.24, 2.45) is 4.99 Å². The topological polar surface area (TPSA) is 123 Å². The van der Waals surface area contributed by atoms with Crippen LogP contribution in [-0.2, 0) is 20.7 Å². The average Bonchev–Trinajstić information content (AvgIpc) is 3.17. The maximum atomic E-state index is 13.7. The Kier molecular flexibility index (Phi) is 9.14. The molecule has 2 aromatic rings. The second kappa shape index (κ2) is 12.3. The van der Waals surface area contributed by atoms with Crippen LogP contribution in [0.3, 0.4) is 0 Å². The fourth-order valence-corrected chi connectivity index (χ4v) is 4.34. The van der Waals surface area contributed by atoms with Crippen molar-refractivity contribution in [1.82, 2.24) is 4.90 Å². The van der Waals surface area contributed by atoms with Crippen LogP contribution in [0.4, 0.5) is 20.8 Å². The number of amidine groups is 1. The highest BCUT2D eigenvalue weighted by Crippen LogP contribution is 2.37. The number of ether oxygens (including phenoxy) is 1. The van der Waals surface area contributed by atoms with Crippen molar-refractivity contribution >= 4 is 45.5 Å². The lowest BCUT2D eigenvalue weighted by molar-refractivity contribution is -0.134. The molecule has 0 unspecified atom stereocenters. The van der Waals surface area contributed by atoms with E-state index in [0.29, 0.717) is 18.7 Å². The molecule has 0 radical (unpaired) electrons. The maximum Gasteiger partial charge on any atom is 0.328 e. The van der Waals surface area contributed by atoms with E-state index >= 15 is 0 Å². The summed E-state index contributed by atoms with van der Waals surface area (Å²) >= 11 is 1.73. The van der Waals surface area contributed by atoms with Gasteiger partial charge in [0, 0.05) is 36.7 Å². The van der Waals surface area contributed by atoms with E-state index in [0.717, 1.165) is 67.0 Å². The Morgan fingerprint density at radius 1 is 1.15 bits per heavy atom. The molecule has 182 valence electrons. The Morgan fingerprint density at radius 2 is 1.85 bits per heavy atom. The molecule has 34 heavy (non-hydrogen) atoms. The molecule has 3 heterocycles. The molecule has 1 aromatic carbocycles. The number of hydrogen-bond acceptors (Lipinski definition) is 7. The number of nitrogens with one attached hydrogen (secondary N) is 2. The van der Waals surface area contributed by atoms with E-state index < -0.39 is 11.9 Å². The number of carboxylic acids is 2. The summed E-state index contributed by atoms with van der Waals surface area (Å²) in [4.78, 5) is 27.6. The van der Waals surface area contributed by atoms with Crippen molar-refractivity contribution < 1.29 is 28.9 Å². The Bertz CT molecular complexity index is 1060. The highest BCUT2D eigenvalue weighted by Gasteiger charge is 2.21. The summed E-state index contributed by atoms with van der Waals surface area (Å²) in [5.74, 6) is -1.97. The van der Waals surface area contributed by atoms with E-state index in [1.54, 1.807) is 17.4 Å². The van der Waals surface area contributed by atoms with Crippen molar-refractivity contribution in [2.75, 3.05) is 50.0 Å². The zero-order valence-electron chi connectivity index (χ0n) is 18.7. The third-order valence-corrected chi connectivity index (χ3v) is 6.22. The van der Waals surface area contributed by atoms with Crippen LogP contribution in [-0.4, -0.2) is 72.3 Å². The van der Waals surface area contributed by atoms with Crippen molar-refractivity contribution in [3.8, 4) is 0 Å². The van der Waals surface area contributed by atoms with Gasteiger partial charge in [0.1, 0.15) is 16.7 Å². The third kappa shape index (κ3) is 7.37. The molecular weight excluding hydrogens is 463 g/mol. The van der Waals surface area contributed by atoms with Gasteiger partial charge in [-0.2, -0.15) is 0 Å². The quantitative estimate of drug-likeness (QED) is 0.455. The van der Waals surface area contributed by atoms with Gasteiger partial charge in [-0.25, -0.2) is 14.0 Å². The molecule has 0 spiro atoms. The minimum absolute atomic E-state index is 0.259. The molecule has 0 saturated carbocycles. The van der Waals surface area contributed by atoms with Gasteiger partial charge in [0.2, 0.25) is 0 Å². The van der Waals surface area contributed by atoms with Crippen LogP contribution in [0.1, 0.15) is 17.4 Å². The number of benzene rings is 1. The number of carbonyl (C=O) groups is 2. The van der Waals surface area contributed by atoms with Gasteiger partial charge in [-0.15, -0.1) is 11.3 Å². The highest BCUT2D eigenvalue weighted by molar-refractivity contribution is 7.16. The molecule has 0 aliphatic carbocycles. The number of aliphatic imine (C=N–C) groups is 1. The van der Waals surface area contributed by atoms with Crippen LogP contribution >= 0.6 is 11.3 Å². The molecule has 0 atom stereocenters. The number of rotatable bonds is 6. The normalized spacial score (nSPS) is 16.5. The number of thiophene rings is 1. The van der Waals surface area contributed by atoms with Crippen LogP contribution < -0.4 is 10.6 Å². The molecule has 4 rings (SSSR count). The summed E-state index contributed by atoms with van der Waals surface area (Å²) in [7, 11) is 0. The number of anilines is 3. The minimum Gasteiger partial charge on any atom is -0.478 e. The van der Waals surface area contributed by atoms with Crippen molar-refractivity contribution in [3.05, 3.63) is 52.7 Å². The van der Waals surface area contributed by atoms with Gasteiger partial charge >= 0.3 is 11.9 Å². The van der Waals surface area contributed by atoms with Crippen LogP contribution in [0.5, 0.6) is 0 Å². The van der Waals surface area contributed by atoms with Crippen LogP contribution in [0.25, 0.3) is 0 Å². The lowest BCUT2D eigenvalue weighted by Gasteiger charge is -2.25. The Labute approximate surface area is 200 Å². The van der Waals surface area contributed by atoms with Crippen molar-refractivity contribution in [1.29, 1.82) is 0 Å². The number of nitrogens with zero attached hydrogens (tertiary/aromatic N) is 2. The van der Waals surface area contributed by atoms with Gasteiger partial charge in [0.05, 0.1) is 36.7 Å². The van der Waals surface area contributed by atoms with Crippen molar-refractivity contribution in [3.63, 3.8) is 0 Å². The minimum atomic E-state index is -1.26. The molecule has 0 bridgehead atoms. The van der Waals surface area contributed by atoms with E-state index in [-0.39, 0.29) is 5.82 Å². The molecular formula is C23H27FN4O5S. The summed E-state index contributed by atoms with van der Waals surface area (Å²) < 4.78 is 19.1. The predicted molar refractivity (Wildman–Crippen MR) is 130 cm³/mol. The second-order valence-electron chi connectivity index (χ2n) is 7.44. The van der Waals surface area contributed by atoms with Gasteiger partial charge in [-0.3, -0.25) is 9.89 Å². The third-order valence-electron chi connectivity index (χ3n) is 5.03. The van der Waals surface area contributed by atoms with E-state index in [1.807, 2.05) is 0 Å². The number of morpholine rings is 1. The van der Waals surface area contributed by atoms with E-state index in [9.17, 15) is 14.0 Å². The largest absolute Gasteiger partial charge is 0.478 e. The fraction of sp³-hybridized carbons (Fsp3) is 0.348. The molecule has 1 aromatic heterocycles. The Balaban J connectivity index is 0.000000350. The molecule has 1 fully saturated rings. The van der Waals surface area contributed by atoms with Crippen LogP contribution in [0, 0.1) is 5.82 Å². The number of halogens is 1. The van der Waals surface area contributed by atoms with E-state index in [1.165, 1.54) is 17.0 Å². The summed E-state index contributed by atoms with van der Waals surface area (Å²) in [5.41, 5.74) is 2.65. The van der Waals surface area contributed by atoms with Crippen LogP contribution in [0.2, 0.25) is 0 Å². The molecule has 1 saturated heterocycles. The second-order valence-corrected chi connectivity index (χ2v) is 8.58. The Morgan fingerprint density at radius 3 is 2.50 bits per heavy atom. The zero-order valence-corrected chi connectivity index (χ0v) is 19.5. The standard InChI is InChI=1S/C19H23FN4OS.C4H4O4/c1-2-14-12-15-18(21-5-6-24-7-9-25-10-8-24)22-17-11-13(20)3-4-16(17)23-19(15)26-14;5-3(6)1-2-4(7)8/h3-4,11-12,23H,2,5-10H2,1H3,(H,21,22);1-2H,(H,5,6)(H,7,8)/b;2-1+. The maximum absolute atomic E-state index is 13.7. The predicted octanol–water partition coefficient (Wildman–Crippen LogP) is 3.41. The fourth-order valence-electron chi connectivity index (χ4n) is 3.33. The van der Waals surface area contributed by atoms with Gasteiger partial charge in [0.25, 0.3) is 0 Å². The molecule has 9 nitrogen and oxygen atoms in total. The first-order valence-electron chi connectivity index (χ1n) is 10.8. The summed E-state index contributed by atoms with van der Waals surface area (Å²) in [5, 5.41) is 23.5. The lowest BCUT2D eigenvalue weighted by Crippen LogP contribution is -2.37. The zero-order chi connectivity index (χ0) is 24.5. The number of hydrogen-bond donors (Lipinski definition) is 4. The van der Waals surface area contributed by atoms with Crippen LogP contribution in [0.15, 0.2) is 41.4 Å². The highest BCUT2D eigenvalue weighted by atomic mass is 32.1. The van der Waals surface area contributed by atoms with Crippen molar-refractivity contribution in [2.45, 2.75) is 13.3 Å². The van der Waals surface area contributed by atoms with Gasteiger partial charge in [-0.05, 0) is 30.7 Å². The van der Waals surface area contributed by atoms with Gasteiger partial charge in [0.15, 0.2) is 0 Å².